The van der Waals surface area contributed by atoms with Gasteiger partial charge in [-0.1, -0.05) is 41.0 Å². The lowest BCUT2D eigenvalue weighted by Gasteiger charge is -1.93. The zero-order chi connectivity index (χ0) is 10.2. The monoisotopic (exact) mass is 175 g/mol. The van der Waals surface area contributed by atoms with Crippen LogP contribution in [0, 0.1) is 0 Å². The molecule has 0 spiro atoms. The van der Waals surface area contributed by atoms with E-state index in [1.165, 1.54) is 12.8 Å². The van der Waals surface area contributed by atoms with Gasteiger partial charge in [0.05, 0.1) is 6.61 Å². The first kappa shape index (κ1) is 17.5. The van der Waals surface area contributed by atoms with Crippen LogP contribution in [0.2, 0.25) is 0 Å². The average molecular weight is 175 g/mol. The zero-order valence-electron chi connectivity index (χ0n) is 9.55. The number of unbranched alkanes of at least 4 members (excludes halogenated alkanes) is 1. The Bertz CT molecular complexity index is 62.9. The van der Waals surface area contributed by atoms with E-state index in [0.717, 1.165) is 13.0 Å². The first-order valence-corrected chi connectivity index (χ1v) is 4.94. The first-order chi connectivity index (χ1) is 5.91. The number of ether oxygens (including phenoxy) is 1. The molecule has 2 nitrogen and oxygen atoms in total. The van der Waals surface area contributed by atoms with Crippen molar-refractivity contribution in [1.29, 1.82) is 0 Å². The quantitative estimate of drug-likeness (QED) is 0.364. The molecule has 0 aromatic heterocycles. The van der Waals surface area contributed by atoms with Crippen molar-refractivity contribution >= 4 is 6.40 Å². The summed E-state index contributed by atoms with van der Waals surface area (Å²) < 4.78 is 4.93. The van der Waals surface area contributed by atoms with Crippen molar-refractivity contribution in [3.63, 3.8) is 0 Å². The summed E-state index contributed by atoms with van der Waals surface area (Å²) in [6.07, 6.45) is 3.78. The van der Waals surface area contributed by atoms with Gasteiger partial charge in [0, 0.05) is 7.05 Å². The standard InChI is InChI=1S/C6H13NO.2C2H6/c1-3-4-5-8-6-7-2;2*1-2/h6H,3-5H2,1-2H3;2*1-2H3. The van der Waals surface area contributed by atoms with E-state index in [2.05, 4.69) is 11.9 Å². The number of hydrogen-bond donors (Lipinski definition) is 0. The molecule has 0 aliphatic rings. The van der Waals surface area contributed by atoms with Gasteiger partial charge in [-0.2, -0.15) is 0 Å². The molecule has 0 heterocycles. The van der Waals surface area contributed by atoms with Crippen LogP contribution in [0.5, 0.6) is 0 Å². The van der Waals surface area contributed by atoms with Crippen molar-refractivity contribution in [3.8, 4) is 0 Å². The van der Waals surface area contributed by atoms with E-state index in [4.69, 9.17) is 4.74 Å². The molecule has 76 valence electrons. The van der Waals surface area contributed by atoms with E-state index in [0.29, 0.717) is 0 Å². The van der Waals surface area contributed by atoms with E-state index < -0.39 is 0 Å². The third kappa shape index (κ3) is 34.0. The molecule has 0 unspecified atom stereocenters. The van der Waals surface area contributed by atoms with Gasteiger partial charge >= 0.3 is 0 Å². The van der Waals surface area contributed by atoms with Crippen LogP contribution in [-0.4, -0.2) is 20.1 Å². The molecule has 0 saturated heterocycles. The Morgan fingerprint density at radius 1 is 1.17 bits per heavy atom. The Balaban J connectivity index is -0.000000175. The molecule has 0 radical (unpaired) electrons. The predicted octanol–water partition coefficient (Wildman–Crippen LogP) is 3.51. The van der Waals surface area contributed by atoms with Crippen molar-refractivity contribution in [2.45, 2.75) is 47.5 Å². The van der Waals surface area contributed by atoms with Crippen LogP contribution in [0.1, 0.15) is 47.5 Å². The summed E-state index contributed by atoms with van der Waals surface area (Å²) >= 11 is 0. The second-order valence-electron chi connectivity index (χ2n) is 1.59. The van der Waals surface area contributed by atoms with Gasteiger partial charge in [0.2, 0.25) is 0 Å². The van der Waals surface area contributed by atoms with Gasteiger partial charge in [-0.15, -0.1) is 0 Å². The summed E-state index contributed by atoms with van der Waals surface area (Å²) in [5.74, 6) is 0. The second-order valence-corrected chi connectivity index (χ2v) is 1.59. The van der Waals surface area contributed by atoms with Crippen LogP contribution in [0.15, 0.2) is 4.99 Å². The lowest BCUT2D eigenvalue weighted by Crippen LogP contribution is -1.89. The molecular weight excluding hydrogens is 150 g/mol. The van der Waals surface area contributed by atoms with E-state index >= 15 is 0 Å². The summed E-state index contributed by atoms with van der Waals surface area (Å²) in [5.41, 5.74) is 0. The van der Waals surface area contributed by atoms with E-state index in [1.54, 1.807) is 7.05 Å². The average Bonchev–Trinajstić information content (AvgIpc) is 2.19. The van der Waals surface area contributed by atoms with Crippen molar-refractivity contribution in [2.24, 2.45) is 4.99 Å². The second kappa shape index (κ2) is 31.4. The highest BCUT2D eigenvalue weighted by Gasteiger charge is 1.77. The third-order valence-corrected chi connectivity index (χ3v) is 0.796. The molecular formula is C10H25NO. The minimum Gasteiger partial charge on any atom is -0.484 e. The van der Waals surface area contributed by atoms with Crippen LogP contribution in [0.4, 0.5) is 0 Å². The molecule has 0 atom stereocenters. The topological polar surface area (TPSA) is 21.6 Å². The molecule has 12 heavy (non-hydrogen) atoms. The Labute approximate surface area is 78.0 Å². The molecule has 0 aromatic carbocycles. The normalized spacial score (nSPS) is 7.83. The summed E-state index contributed by atoms with van der Waals surface area (Å²) in [5, 5.41) is 0. The minimum absolute atomic E-state index is 0.799. The zero-order valence-corrected chi connectivity index (χ0v) is 9.55. The number of hydrogen-bond acceptors (Lipinski definition) is 2. The van der Waals surface area contributed by atoms with Crippen LogP contribution < -0.4 is 0 Å². The van der Waals surface area contributed by atoms with Crippen molar-refractivity contribution in [2.75, 3.05) is 13.7 Å². The van der Waals surface area contributed by atoms with Gasteiger partial charge in [-0.05, 0) is 6.42 Å². The highest BCUT2D eigenvalue weighted by molar-refractivity contribution is 5.45. The van der Waals surface area contributed by atoms with Crippen LogP contribution in [-0.2, 0) is 4.74 Å². The fraction of sp³-hybridized carbons (Fsp3) is 0.900. The van der Waals surface area contributed by atoms with Gasteiger partial charge in [-0.3, -0.25) is 4.99 Å². The van der Waals surface area contributed by atoms with Crippen molar-refractivity contribution < 1.29 is 4.74 Å². The fourth-order valence-electron chi connectivity index (χ4n) is 0.355. The lowest BCUT2D eigenvalue weighted by molar-refractivity contribution is 0.311. The van der Waals surface area contributed by atoms with E-state index in [-0.39, 0.29) is 0 Å². The maximum Gasteiger partial charge on any atom is 0.169 e. The minimum atomic E-state index is 0.799. The molecule has 2 heteroatoms. The number of nitrogens with zero attached hydrogens (tertiary/aromatic N) is 1. The Kier molecular flexibility index (Phi) is 45.8. The predicted molar refractivity (Wildman–Crippen MR) is 58.0 cm³/mol. The summed E-state index contributed by atoms with van der Waals surface area (Å²) in [6, 6.07) is 0. The summed E-state index contributed by atoms with van der Waals surface area (Å²) in [7, 11) is 1.70. The molecule has 0 saturated carbocycles. The maximum atomic E-state index is 4.93. The van der Waals surface area contributed by atoms with Crippen LogP contribution in [0.25, 0.3) is 0 Å². The van der Waals surface area contributed by atoms with Crippen LogP contribution in [0.3, 0.4) is 0 Å². The van der Waals surface area contributed by atoms with Crippen molar-refractivity contribution in [3.05, 3.63) is 0 Å². The van der Waals surface area contributed by atoms with E-state index in [1.807, 2.05) is 27.7 Å². The maximum absolute atomic E-state index is 4.93. The SMILES string of the molecule is CC.CC.CCCCOC=NC. The van der Waals surface area contributed by atoms with Gasteiger partial charge in [0.25, 0.3) is 0 Å². The van der Waals surface area contributed by atoms with Crippen molar-refractivity contribution in [1.82, 2.24) is 0 Å². The molecule has 0 bridgehead atoms. The smallest absolute Gasteiger partial charge is 0.169 e. The summed E-state index contributed by atoms with van der Waals surface area (Å²) in [4.78, 5) is 3.66. The van der Waals surface area contributed by atoms with Gasteiger partial charge in [0.15, 0.2) is 6.40 Å². The molecule has 0 aromatic rings. The van der Waals surface area contributed by atoms with Crippen LogP contribution >= 0.6 is 0 Å². The Morgan fingerprint density at radius 2 is 1.67 bits per heavy atom. The summed E-state index contributed by atoms with van der Waals surface area (Å²) in [6.45, 7) is 10.9. The molecule has 0 N–H and O–H groups in total. The molecule has 0 fully saturated rings. The van der Waals surface area contributed by atoms with Gasteiger partial charge < -0.3 is 4.74 Å². The van der Waals surface area contributed by atoms with E-state index in [9.17, 15) is 0 Å². The number of aliphatic imine (C=N–C) groups is 1. The number of rotatable bonds is 4. The molecule has 0 rings (SSSR count). The fourth-order valence-corrected chi connectivity index (χ4v) is 0.355. The largest absolute Gasteiger partial charge is 0.484 e. The molecule has 0 amide bonds. The molecule has 0 aliphatic heterocycles. The highest BCUT2D eigenvalue weighted by Crippen LogP contribution is 1.84. The Morgan fingerprint density at radius 3 is 2.00 bits per heavy atom. The Hall–Kier alpha value is -0.530. The molecule has 0 aliphatic carbocycles. The first-order valence-electron chi connectivity index (χ1n) is 4.94. The lowest BCUT2D eigenvalue weighted by atomic mass is 10.4. The highest BCUT2D eigenvalue weighted by atomic mass is 16.5. The van der Waals surface area contributed by atoms with Gasteiger partial charge in [0.1, 0.15) is 0 Å². The van der Waals surface area contributed by atoms with Gasteiger partial charge in [-0.25, -0.2) is 0 Å². The third-order valence-electron chi connectivity index (χ3n) is 0.796.